The normalized spacial score (nSPS) is 10.1. The molecule has 1 amide bonds. The summed E-state index contributed by atoms with van der Waals surface area (Å²) < 4.78 is 1.22. The molecule has 1 aromatic heterocycles. The van der Waals surface area contributed by atoms with E-state index in [2.05, 4.69) is 10.4 Å². The van der Waals surface area contributed by atoms with Crippen molar-refractivity contribution in [1.29, 1.82) is 0 Å². The second-order valence-electron chi connectivity index (χ2n) is 3.43. The Hall–Kier alpha value is -1.85. The van der Waals surface area contributed by atoms with Gasteiger partial charge in [0.05, 0.1) is 11.8 Å². The highest BCUT2D eigenvalue weighted by molar-refractivity contribution is 5.93. The number of carboxylic acids is 1. The van der Waals surface area contributed by atoms with Crippen molar-refractivity contribution in [2.24, 2.45) is 0 Å². The molecule has 6 heteroatoms. The van der Waals surface area contributed by atoms with E-state index in [9.17, 15) is 9.59 Å². The number of aromatic nitrogens is 2. The van der Waals surface area contributed by atoms with E-state index in [1.165, 1.54) is 17.1 Å². The Kier molecular flexibility index (Phi) is 4.50. The predicted octanol–water partition coefficient (Wildman–Crippen LogP) is 0.498. The quantitative estimate of drug-likeness (QED) is 0.690. The molecule has 0 aliphatic carbocycles. The van der Waals surface area contributed by atoms with Gasteiger partial charge in [0, 0.05) is 12.7 Å². The van der Waals surface area contributed by atoms with Crippen LogP contribution in [0.5, 0.6) is 0 Å². The molecule has 0 radical (unpaired) electrons. The second-order valence-corrected chi connectivity index (χ2v) is 3.43. The molecular formula is C10H15N3O3. The summed E-state index contributed by atoms with van der Waals surface area (Å²) in [6.07, 6.45) is 4.73. The standard InChI is InChI=1S/C10H15N3O3/c1-2-3-4-11-10(16)8-5-12-13(6-8)7-9(14)15/h5-6H,2-4,7H2,1H3,(H,11,16)(H,14,15). The maximum Gasteiger partial charge on any atom is 0.325 e. The Morgan fingerprint density at radius 3 is 2.94 bits per heavy atom. The number of amides is 1. The van der Waals surface area contributed by atoms with E-state index in [0.717, 1.165) is 12.8 Å². The van der Waals surface area contributed by atoms with Crippen LogP contribution < -0.4 is 5.32 Å². The first-order valence-corrected chi connectivity index (χ1v) is 5.16. The maximum atomic E-state index is 11.5. The van der Waals surface area contributed by atoms with Crippen molar-refractivity contribution >= 4 is 11.9 Å². The van der Waals surface area contributed by atoms with Gasteiger partial charge in [0.25, 0.3) is 5.91 Å². The fourth-order valence-electron chi connectivity index (χ4n) is 1.19. The van der Waals surface area contributed by atoms with Crippen molar-refractivity contribution in [1.82, 2.24) is 15.1 Å². The number of carboxylic acid groups (broad SMARTS) is 1. The van der Waals surface area contributed by atoms with Gasteiger partial charge in [0.2, 0.25) is 0 Å². The lowest BCUT2D eigenvalue weighted by molar-refractivity contribution is -0.137. The number of hydrogen-bond acceptors (Lipinski definition) is 3. The third-order valence-electron chi connectivity index (χ3n) is 2.01. The van der Waals surface area contributed by atoms with E-state index in [-0.39, 0.29) is 12.5 Å². The van der Waals surface area contributed by atoms with E-state index in [1.54, 1.807) is 0 Å². The first-order valence-electron chi connectivity index (χ1n) is 5.16. The lowest BCUT2D eigenvalue weighted by Gasteiger charge is -2.00. The first kappa shape index (κ1) is 12.2. The number of rotatable bonds is 6. The van der Waals surface area contributed by atoms with Gasteiger partial charge in [-0.25, -0.2) is 0 Å². The molecule has 0 aliphatic heterocycles. The van der Waals surface area contributed by atoms with Crippen LogP contribution in [-0.4, -0.2) is 33.3 Å². The Labute approximate surface area is 93.3 Å². The van der Waals surface area contributed by atoms with Gasteiger partial charge in [-0.1, -0.05) is 13.3 Å². The molecule has 1 rings (SSSR count). The van der Waals surface area contributed by atoms with E-state index in [1.807, 2.05) is 6.92 Å². The summed E-state index contributed by atoms with van der Waals surface area (Å²) in [5.41, 5.74) is 0.386. The molecule has 1 aromatic rings. The van der Waals surface area contributed by atoms with Gasteiger partial charge in [0.15, 0.2) is 0 Å². The zero-order valence-electron chi connectivity index (χ0n) is 9.14. The zero-order chi connectivity index (χ0) is 12.0. The molecule has 0 saturated heterocycles. The van der Waals surface area contributed by atoms with Crippen LogP contribution in [0.3, 0.4) is 0 Å². The molecule has 6 nitrogen and oxygen atoms in total. The highest BCUT2D eigenvalue weighted by Gasteiger charge is 2.08. The molecule has 0 bridgehead atoms. The summed E-state index contributed by atoms with van der Waals surface area (Å²) in [6.45, 7) is 2.43. The minimum absolute atomic E-state index is 0.218. The van der Waals surface area contributed by atoms with Crippen LogP contribution in [0, 0.1) is 0 Å². The minimum Gasteiger partial charge on any atom is -0.480 e. The van der Waals surface area contributed by atoms with Crippen molar-refractivity contribution in [2.75, 3.05) is 6.54 Å². The number of carbonyl (C=O) groups excluding carboxylic acids is 1. The molecule has 2 N–H and O–H groups in total. The smallest absolute Gasteiger partial charge is 0.325 e. The third kappa shape index (κ3) is 3.72. The van der Waals surface area contributed by atoms with Gasteiger partial charge in [-0.05, 0) is 6.42 Å². The van der Waals surface area contributed by atoms with E-state index in [0.29, 0.717) is 12.1 Å². The van der Waals surface area contributed by atoms with E-state index >= 15 is 0 Å². The molecule has 0 aliphatic rings. The summed E-state index contributed by atoms with van der Waals surface area (Å²) in [5, 5.41) is 15.0. The molecule has 0 saturated carbocycles. The summed E-state index contributed by atoms with van der Waals surface area (Å²) >= 11 is 0. The second kappa shape index (κ2) is 5.89. The number of carbonyl (C=O) groups is 2. The number of aliphatic carboxylic acids is 1. The van der Waals surface area contributed by atoms with Crippen LogP contribution in [-0.2, 0) is 11.3 Å². The Balaban J connectivity index is 2.49. The highest BCUT2D eigenvalue weighted by atomic mass is 16.4. The number of unbranched alkanes of at least 4 members (excludes halogenated alkanes) is 1. The Bertz CT molecular complexity index is 373. The molecule has 16 heavy (non-hydrogen) atoms. The van der Waals surface area contributed by atoms with Crippen LogP contribution >= 0.6 is 0 Å². The number of nitrogens with zero attached hydrogens (tertiary/aromatic N) is 2. The Morgan fingerprint density at radius 1 is 1.56 bits per heavy atom. The highest BCUT2D eigenvalue weighted by Crippen LogP contribution is 1.98. The molecule has 0 spiro atoms. The van der Waals surface area contributed by atoms with Gasteiger partial charge < -0.3 is 10.4 Å². The molecule has 0 unspecified atom stereocenters. The summed E-state index contributed by atoms with van der Waals surface area (Å²) in [7, 11) is 0. The van der Waals surface area contributed by atoms with Gasteiger partial charge >= 0.3 is 5.97 Å². The van der Waals surface area contributed by atoms with Crippen molar-refractivity contribution in [2.45, 2.75) is 26.3 Å². The molecule has 0 fully saturated rings. The monoisotopic (exact) mass is 225 g/mol. The summed E-state index contributed by atoms with van der Waals surface area (Å²) in [6, 6.07) is 0. The number of hydrogen-bond donors (Lipinski definition) is 2. The van der Waals surface area contributed by atoms with Gasteiger partial charge in [0.1, 0.15) is 6.54 Å². The van der Waals surface area contributed by atoms with Crippen LogP contribution in [0.1, 0.15) is 30.1 Å². The molecule has 1 heterocycles. The van der Waals surface area contributed by atoms with Crippen molar-refractivity contribution in [3.05, 3.63) is 18.0 Å². The van der Waals surface area contributed by atoms with E-state index in [4.69, 9.17) is 5.11 Å². The fourth-order valence-corrected chi connectivity index (χ4v) is 1.19. The van der Waals surface area contributed by atoms with Crippen LogP contribution in [0.25, 0.3) is 0 Å². The lowest BCUT2D eigenvalue weighted by Crippen LogP contribution is -2.23. The molecular weight excluding hydrogens is 210 g/mol. The summed E-state index contributed by atoms with van der Waals surface area (Å²) in [4.78, 5) is 21.9. The Morgan fingerprint density at radius 2 is 2.31 bits per heavy atom. The van der Waals surface area contributed by atoms with Gasteiger partial charge in [-0.3, -0.25) is 14.3 Å². The average molecular weight is 225 g/mol. The fraction of sp³-hybridized carbons (Fsp3) is 0.500. The SMILES string of the molecule is CCCCNC(=O)c1cnn(CC(=O)O)c1. The van der Waals surface area contributed by atoms with Crippen LogP contribution in [0.15, 0.2) is 12.4 Å². The number of nitrogens with one attached hydrogen (secondary N) is 1. The van der Waals surface area contributed by atoms with Gasteiger partial charge in [-0.15, -0.1) is 0 Å². The topological polar surface area (TPSA) is 84.2 Å². The van der Waals surface area contributed by atoms with Crippen molar-refractivity contribution in [3.8, 4) is 0 Å². The zero-order valence-corrected chi connectivity index (χ0v) is 9.14. The molecule has 0 atom stereocenters. The van der Waals surface area contributed by atoms with Crippen LogP contribution in [0.2, 0.25) is 0 Å². The van der Waals surface area contributed by atoms with Crippen molar-refractivity contribution in [3.63, 3.8) is 0 Å². The van der Waals surface area contributed by atoms with Gasteiger partial charge in [-0.2, -0.15) is 5.10 Å². The summed E-state index contributed by atoms with van der Waals surface area (Å²) in [5.74, 6) is -1.20. The lowest BCUT2D eigenvalue weighted by atomic mass is 10.3. The van der Waals surface area contributed by atoms with E-state index < -0.39 is 5.97 Å². The largest absolute Gasteiger partial charge is 0.480 e. The van der Waals surface area contributed by atoms with Crippen molar-refractivity contribution < 1.29 is 14.7 Å². The third-order valence-corrected chi connectivity index (χ3v) is 2.01. The minimum atomic E-state index is -0.985. The predicted molar refractivity (Wildman–Crippen MR) is 57.1 cm³/mol. The molecule has 88 valence electrons. The van der Waals surface area contributed by atoms with Crippen LogP contribution in [0.4, 0.5) is 0 Å². The maximum absolute atomic E-state index is 11.5. The molecule has 0 aromatic carbocycles. The average Bonchev–Trinajstić information content (AvgIpc) is 2.65. The first-order chi connectivity index (χ1) is 7.63.